The number of aromatic nitrogens is 1. The summed E-state index contributed by atoms with van der Waals surface area (Å²) in [4.78, 5) is 190. The number of carbonyl (C=O) groups excluding carboxylic acids is 13. The highest BCUT2D eigenvalue weighted by molar-refractivity contribution is 6.01. The average Bonchev–Trinajstić information content (AvgIpc) is 1.80. The summed E-state index contributed by atoms with van der Waals surface area (Å²) in [5, 5.41) is 82.2. The van der Waals surface area contributed by atoms with Crippen molar-refractivity contribution in [2.45, 2.75) is 212 Å². The molecule has 0 saturated carbocycles. The highest BCUT2D eigenvalue weighted by Gasteiger charge is 2.44. The van der Waals surface area contributed by atoms with Crippen molar-refractivity contribution in [3.8, 4) is 0 Å². The summed E-state index contributed by atoms with van der Waals surface area (Å²) < 4.78 is 11.5. The lowest BCUT2D eigenvalue weighted by Crippen LogP contribution is -2.64. The van der Waals surface area contributed by atoms with Crippen molar-refractivity contribution in [1.29, 1.82) is 5.41 Å². The van der Waals surface area contributed by atoms with Crippen molar-refractivity contribution >= 4 is 93.9 Å². The number of H-pyrrole nitrogens is 1. The van der Waals surface area contributed by atoms with E-state index in [2.05, 4.69) is 58.2 Å². The molecule has 0 aliphatic carbocycles. The van der Waals surface area contributed by atoms with Gasteiger partial charge in [0.2, 0.25) is 65.0 Å². The zero-order valence-corrected chi connectivity index (χ0v) is 60.1. The molecule has 2 heterocycles. The van der Waals surface area contributed by atoms with Crippen LogP contribution in [0.15, 0.2) is 60.8 Å². The van der Waals surface area contributed by atoms with Crippen LogP contribution in [0.3, 0.4) is 0 Å². The Labute approximate surface area is 597 Å². The SMILES string of the molecule is CC[C@H](C)C1NC(=O)[C@@H](CCCNC(=N)N)NC(=O)[C@H](CC(C)C)NC(=O)[C@H]([C@H](O)C(C)C)NC(=O)[C@@H](NC(=O)[C@H](CC(C)C)NC(=O)[C@@H](Cc2c[nH]c3ccccc23)NC(=O)OC(C)(C)C)[C@@H](c2ccccc2)OC(=O)[C@H](CO)NC(=O)[C@H]([C@H](O)C(N)=O)NC(=O)CNC(=O)C([C@H](C)O)NC1=O. The first-order chi connectivity index (χ1) is 48.3. The third kappa shape index (κ3) is 26.7. The van der Waals surface area contributed by atoms with Gasteiger partial charge in [-0.25, -0.2) is 9.59 Å². The summed E-state index contributed by atoms with van der Waals surface area (Å²) in [6, 6.07) is -4.66. The first kappa shape index (κ1) is 85.4. The fourth-order valence-corrected chi connectivity index (χ4v) is 10.8. The Hall–Kier alpha value is -10.00. The Bertz CT molecular complexity index is 3450. The van der Waals surface area contributed by atoms with Crippen LogP contribution in [0.2, 0.25) is 0 Å². The summed E-state index contributed by atoms with van der Waals surface area (Å²) in [5.74, 6) is -18.1. The van der Waals surface area contributed by atoms with Crippen molar-refractivity contribution in [3.63, 3.8) is 0 Å². The van der Waals surface area contributed by atoms with Crippen LogP contribution in [0.4, 0.5) is 4.79 Å². The van der Waals surface area contributed by atoms with Crippen molar-refractivity contribution in [1.82, 2.24) is 68.8 Å². The lowest BCUT2D eigenvalue weighted by atomic mass is 9.95. The van der Waals surface area contributed by atoms with Crippen LogP contribution < -0.4 is 75.3 Å². The molecule has 1 aliphatic rings. The van der Waals surface area contributed by atoms with Crippen molar-refractivity contribution in [3.05, 3.63) is 71.9 Å². The van der Waals surface area contributed by atoms with Crippen LogP contribution in [0.25, 0.3) is 10.9 Å². The van der Waals surface area contributed by atoms with E-state index in [1.807, 2.05) is 10.6 Å². The van der Waals surface area contributed by atoms with Crippen molar-refractivity contribution < 1.29 is 92.2 Å². The van der Waals surface area contributed by atoms with Gasteiger partial charge >= 0.3 is 12.1 Å². The maximum absolute atomic E-state index is 15.7. The number of guanidine groups is 1. The standard InChI is InChI=1S/C68H104N16O19/c1-13-35(8)47-61(96)82-48(36(9)86)60(95)74-30-46(87)80-50(53(89)55(69)90)63(98)78-45(31-85)65(100)102-54(37-20-15-14-16-21-37)51(64(99)83-49(52(88)34(6)7)62(97)77-42(26-32(2)3)57(92)75-41(56(91)81-47)24-19-25-72-66(70)71)84-59(94)43(27-33(4)5)76-58(93)44(79-67(101)103-68(10,11)12)28-38-29-73-40-23-18-17-22-39(38)40/h14-18,20-23,29,32-36,41-45,47-54,73,85-86,88-89H,13,19,24-28,30-31H2,1-12H3,(H2,69,90)(H,74,95)(H,75,92)(H,76,93)(H,77,97)(H,78,98)(H,79,101)(H,80,87)(H,81,91)(H,82,96)(H,83,99)(H,84,94)(H4,70,71,72)/t35-,36-,41+,42-,43-,44+,45-,47?,48?,49-,50-,51-,52+,53-,54+/m0/s1. The van der Waals surface area contributed by atoms with Crippen molar-refractivity contribution in [2.24, 2.45) is 35.1 Å². The number of primary amides is 1. The molecule has 35 heteroatoms. The third-order valence-electron chi connectivity index (χ3n) is 16.5. The number of aliphatic hydroxyl groups is 4. The molecule has 0 bridgehead atoms. The zero-order valence-electron chi connectivity index (χ0n) is 60.1. The molecule has 1 aliphatic heterocycles. The maximum Gasteiger partial charge on any atom is 0.408 e. The second kappa shape index (κ2) is 40.0. The molecule has 1 saturated heterocycles. The molecule has 2 aromatic carbocycles. The number of rotatable bonds is 24. The van der Waals surface area contributed by atoms with Gasteiger partial charge < -0.3 is 110 Å². The van der Waals surface area contributed by atoms with Gasteiger partial charge in [0.05, 0.1) is 25.4 Å². The monoisotopic (exact) mass is 1450 g/mol. The van der Waals surface area contributed by atoms with Gasteiger partial charge in [0.15, 0.2) is 24.2 Å². The number of nitrogens with two attached hydrogens (primary N) is 2. The van der Waals surface area contributed by atoms with E-state index >= 15 is 14.4 Å². The normalized spacial score (nSPS) is 23.1. The number of carbonyl (C=O) groups is 13. The quantitative estimate of drug-likeness (QED) is 0.0184. The Morgan fingerprint density at radius 3 is 1.83 bits per heavy atom. The van der Waals surface area contributed by atoms with Crippen LogP contribution in [-0.2, 0) is 73.4 Å². The fourth-order valence-electron chi connectivity index (χ4n) is 10.8. The minimum atomic E-state index is -2.61. The molecule has 22 N–H and O–H groups in total. The molecule has 4 rings (SSSR count). The van der Waals surface area contributed by atoms with E-state index in [-0.39, 0.29) is 50.6 Å². The number of fused-ring (bicyclic) bond motifs is 1. The van der Waals surface area contributed by atoms with Gasteiger partial charge in [-0.3, -0.25) is 58.1 Å². The molecule has 0 radical (unpaired) electrons. The number of amides is 12. The molecule has 1 fully saturated rings. The number of hydrogen-bond acceptors (Lipinski definition) is 20. The number of alkyl carbamates (subject to hydrolysis) is 1. The van der Waals surface area contributed by atoms with Gasteiger partial charge in [-0.2, -0.15) is 0 Å². The summed E-state index contributed by atoms with van der Waals surface area (Å²) in [6.07, 6.45) is -8.19. The van der Waals surface area contributed by atoms with Crippen LogP contribution >= 0.6 is 0 Å². The zero-order chi connectivity index (χ0) is 77.3. The summed E-state index contributed by atoms with van der Waals surface area (Å²) >= 11 is 0. The molecule has 1 aromatic heterocycles. The molecule has 15 atom stereocenters. The largest absolute Gasteiger partial charge is 0.453 e. The van der Waals surface area contributed by atoms with Gasteiger partial charge in [-0.05, 0) is 94.2 Å². The number of para-hydroxylation sites is 1. The van der Waals surface area contributed by atoms with E-state index < -0.39 is 210 Å². The van der Waals surface area contributed by atoms with E-state index in [1.54, 1.807) is 92.8 Å². The average molecular weight is 1450 g/mol. The number of cyclic esters (lactones) is 1. The van der Waals surface area contributed by atoms with Gasteiger partial charge in [0, 0.05) is 30.1 Å². The predicted octanol–water partition coefficient (Wildman–Crippen LogP) is -2.98. The van der Waals surface area contributed by atoms with E-state index in [0.717, 1.165) is 6.92 Å². The topological polar surface area (TPSA) is 557 Å². The van der Waals surface area contributed by atoms with E-state index in [4.69, 9.17) is 26.4 Å². The van der Waals surface area contributed by atoms with Crippen LogP contribution in [0.5, 0.6) is 0 Å². The molecule has 2 unspecified atom stereocenters. The summed E-state index contributed by atoms with van der Waals surface area (Å²) in [7, 11) is 0. The molecule has 12 amide bonds. The van der Waals surface area contributed by atoms with Gasteiger partial charge in [-0.1, -0.05) is 110 Å². The fraction of sp³-hybridized carbons (Fsp3) is 0.588. The van der Waals surface area contributed by atoms with Gasteiger partial charge in [-0.15, -0.1) is 0 Å². The Kier molecular flexibility index (Phi) is 33.2. The lowest BCUT2D eigenvalue weighted by Gasteiger charge is -2.34. The van der Waals surface area contributed by atoms with Gasteiger partial charge in [0.1, 0.15) is 60.0 Å². The second-order valence-corrected chi connectivity index (χ2v) is 27.6. The Morgan fingerprint density at radius 2 is 1.25 bits per heavy atom. The number of nitrogens with one attached hydrogen (secondary N) is 14. The first-order valence-electron chi connectivity index (χ1n) is 34.1. The first-order valence-corrected chi connectivity index (χ1v) is 34.1. The van der Waals surface area contributed by atoms with Crippen LogP contribution in [-0.4, -0.2) is 212 Å². The molecule has 35 nitrogen and oxygen atoms in total. The highest BCUT2D eigenvalue weighted by atomic mass is 16.6. The van der Waals surface area contributed by atoms with E-state index in [1.165, 1.54) is 44.2 Å². The number of aliphatic hydroxyl groups excluding tert-OH is 4. The number of ether oxygens (including phenoxy) is 2. The molecular formula is C68H104N16O19. The Morgan fingerprint density at radius 1 is 0.670 bits per heavy atom. The summed E-state index contributed by atoms with van der Waals surface area (Å²) in [6.45, 7) is 16.3. The van der Waals surface area contributed by atoms with Crippen molar-refractivity contribution in [2.75, 3.05) is 19.7 Å². The number of esters is 1. The molecule has 3 aromatic rings. The molecule has 103 heavy (non-hydrogen) atoms. The predicted molar refractivity (Wildman–Crippen MR) is 373 cm³/mol. The summed E-state index contributed by atoms with van der Waals surface area (Å²) in [5.41, 5.74) is 11.0. The minimum Gasteiger partial charge on any atom is -0.453 e. The Balaban J connectivity index is 2.01. The third-order valence-corrected chi connectivity index (χ3v) is 16.5. The minimum absolute atomic E-state index is 0.00518. The molecule has 0 spiro atoms. The number of benzene rings is 2. The van der Waals surface area contributed by atoms with Gasteiger partial charge in [0.25, 0.3) is 0 Å². The molecule has 570 valence electrons. The maximum atomic E-state index is 15.7. The van der Waals surface area contributed by atoms with Crippen LogP contribution in [0.1, 0.15) is 132 Å². The van der Waals surface area contributed by atoms with Crippen LogP contribution in [0, 0.1) is 29.1 Å². The number of aromatic amines is 1. The lowest BCUT2D eigenvalue weighted by molar-refractivity contribution is -0.159. The highest BCUT2D eigenvalue weighted by Crippen LogP contribution is 2.26. The van der Waals surface area contributed by atoms with E-state index in [0.29, 0.717) is 16.5 Å². The van der Waals surface area contributed by atoms with E-state index in [9.17, 15) is 68.4 Å². The number of hydrogen-bond donors (Lipinski definition) is 20. The second-order valence-electron chi connectivity index (χ2n) is 27.6. The smallest absolute Gasteiger partial charge is 0.408 e. The molecular weight excluding hydrogens is 1340 g/mol.